The Bertz CT molecular complexity index is 136. The molecule has 0 saturated heterocycles. The first-order chi connectivity index (χ1) is 5.50. The molecule has 0 aromatic rings. The van der Waals surface area contributed by atoms with Crippen LogP contribution in [-0.4, -0.2) is 5.78 Å². The van der Waals surface area contributed by atoms with Crippen molar-refractivity contribution in [1.29, 1.82) is 0 Å². The van der Waals surface area contributed by atoms with E-state index in [9.17, 15) is 4.79 Å². The Labute approximate surface area is 76.6 Å². The molecule has 0 aliphatic carbocycles. The molecule has 0 aliphatic heterocycles. The van der Waals surface area contributed by atoms with Crippen LogP contribution in [0.3, 0.4) is 0 Å². The second-order valence-electron chi connectivity index (χ2n) is 4.20. The predicted octanol–water partition coefficient (Wildman–Crippen LogP) is 3.28. The molecule has 0 aliphatic rings. The molecular formula is C11H22O. The molecule has 72 valence electrons. The zero-order valence-corrected chi connectivity index (χ0v) is 9.05. The molecule has 0 amide bonds. The van der Waals surface area contributed by atoms with Gasteiger partial charge in [-0.1, -0.05) is 41.0 Å². The van der Waals surface area contributed by atoms with Gasteiger partial charge in [0.05, 0.1) is 0 Å². The minimum atomic E-state index is 0.198. The molecule has 1 nitrogen and oxygen atoms in total. The summed E-state index contributed by atoms with van der Waals surface area (Å²) in [7, 11) is 0. The lowest BCUT2D eigenvalue weighted by molar-refractivity contribution is -0.127. The molecular weight excluding hydrogens is 148 g/mol. The molecule has 0 heterocycles. The van der Waals surface area contributed by atoms with Gasteiger partial charge in [-0.15, -0.1) is 0 Å². The average molecular weight is 170 g/mol. The van der Waals surface area contributed by atoms with Crippen LogP contribution >= 0.6 is 0 Å². The summed E-state index contributed by atoms with van der Waals surface area (Å²) < 4.78 is 0. The summed E-state index contributed by atoms with van der Waals surface area (Å²) in [4.78, 5) is 11.7. The molecule has 0 fully saturated rings. The number of hydrogen-bond donors (Lipinski definition) is 0. The molecule has 0 saturated carbocycles. The van der Waals surface area contributed by atoms with Crippen molar-refractivity contribution in [1.82, 2.24) is 0 Å². The smallest absolute Gasteiger partial charge is 0.138 e. The molecule has 1 atom stereocenters. The normalized spacial score (nSPS) is 13.9. The Morgan fingerprint density at radius 1 is 1.17 bits per heavy atom. The van der Waals surface area contributed by atoms with E-state index in [2.05, 4.69) is 20.8 Å². The highest BCUT2D eigenvalue weighted by Crippen LogP contribution is 2.21. The SMILES string of the molecule is CCCC(C(=O)C(C)C)C(C)C. The topological polar surface area (TPSA) is 17.1 Å². The van der Waals surface area contributed by atoms with Crippen molar-refractivity contribution in [3.63, 3.8) is 0 Å². The number of hydrogen-bond acceptors (Lipinski definition) is 1. The van der Waals surface area contributed by atoms with Crippen molar-refractivity contribution in [2.45, 2.75) is 47.5 Å². The Morgan fingerprint density at radius 3 is 1.92 bits per heavy atom. The third kappa shape index (κ3) is 3.38. The molecule has 1 heteroatoms. The van der Waals surface area contributed by atoms with Crippen molar-refractivity contribution in [2.24, 2.45) is 17.8 Å². The number of carbonyl (C=O) groups excluding carboxylic acids is 1. The molecule has 0 spiro atoms. The van der Waals surface area contributed by atoms with Crippen LogP contribution in [-0.2, 0) is 4.79 Å². The van der Waals surface area contributed by atoms with E-state index < -0.39 is 0 Å². The van der Waals surface area contributed by atoms with Crippen molar-refractivity contribution in [2.75, 3.05) is 0 Å². The van der Waals surface area contributed by atoms with Gasteiger partial charge in [0.25, 0.3) is 0 Å². The van der Waals surface area contributed by atoms with Crippen molar-refractivity contribution >= 4 is 5.78 Å². The molecule has 1 unspecified atom stereocenters. The fourth-order valence-corrected chi connectivity index (χ4v) is 1.54. The highest BCUT2D eigenvalue weighted by molar-refractivity contribution is 5.82. The van der Waals surface area contributed by atoms with Gasteiger partial charge in [-0.05, 0) is 12.3 Å². The highest BCUT2D eigenvalue weighted by Gasteiger charge is 2.22. The Hall–Kier alpha value is -0.330. The molecule has 12 heavy (non-hydrogen) atoms. The van der Waals surface area contributed by atoms with Gasteiger partial charge in [0.15, 0.2) is 0 Å². The Morgan fingerprint density at radius 2 is 1.67 bits per heavy atom. The predicted molar refractivity (Wildman–Crippen MR) is 53.1 cm³/mol. The van der Waals surface area contributed by atoms with Crippen LogP contribution < -0.4 is 0 Å². The van der Waals surface area contributed by atoms with Gasteiger partial charge in [0.1, 0.15) is 5.78 Å². The van der Waals surface area contributed by atoms with E-state index in [4.69, 9.17) is 0 Å². The summed E-state index contributed by atoms with van der Waals surface area (Å²) >= 11 is 0. The number of carbonyl (C=O) groups is 1. The third-order valence-corrected chi connectivity index (χ3v) is 2.34. The fraction of sp³-hybridized carbons (Fsp3) is 0.909. The van der Waals surface area contributed by atoms with Gasteiger partial charge in [-0.3, -0.25) is 4.79 Å². The summed E-state index contributed by atoms with van der Waals surface area (Å²) in [6.45, 7) is 10.4. The zero-order chi connectivity index (χ0) is 9.72. The second kappa shape index (κ2) is 5.34. The summed E-state index contributed by atoms with van der Waals surface area (Å²) in [5, 5.41) is 0. The van der Waals surface area contributed by atoms with Crippen LogP contribution in [0.15, 0.2) is 0 Å². The number of rotatable bonds is 5. The average Bonchev–Trinajstić information content (AvgIpc) is 1.98. The number of ketones is 1. The fourth-order valence-electron chi connectivity index (χ4n) is 1.54. The van der Waals surface area contributed by atoms with Crippen molar-refractivity contribution in [3.8, 4) is 0 Å². The van der Waals surface area contributed by atoms with E-state index in [1.54, 1.807) is 0 Å². The van der Waals surface area contributed by atoms with Gasteiger partial charge in [-0.2, -0.15) is 0 Å². The van der Waals surface area contributed by atoms with Crippen LogP contribution in [0, 0.1) is 17.8 Å². The van der Waals surface area contributed by atoms with E-state index in [0.717, 1.165) is 12.8 Å². The molecule has 0 bridgehead atoms. The minimum Gasteiger partial charge on any atom is -0.299 e. The second-order valence-corrected chi connectivity index (χ2v) is 4.20. The first-order valence-electron chi connectivity index (χ1n) is 5.04. The Kier molecular flexibility index (Phi) is 5.19. The standard InChI is InChI=1S/C11H22O/c1-6-7-10(8(2)3)11(12)9(4)5/h8-10H,6-7H2,1-5H3. The molecule has 0 aromatic carbocycles. The zero-order valence-electron chi connectivity index (χ0n) is 9.05. The molecule has 0 rings (SSSR count). The molecule has 0 N–H and O–H groups in total. The van der Waals surface area contributed by atoms with Crippen molar-refractivity contribution in [3.05, 3.63) is 0 Å². The maximum Gasteiger partial charge on any atom is 0.138 e. The van der Waals surface area contributed by atoms with E-state index in [1.807, 2.05) is 13.8 Å². The highest BCUT2D eigenvalue weighted by atomic mass is 16.1. The Balaban J connectivity index is 4.19. The van der Waals surface area contributed by atoms with E-state index >= 15 is 0 Å². The van der Waals surface area contributed by atoms with Gasteiger partial charge in [0.2, 0.25) is 0 Å². The van der Waals surface area contributed by atoms with Crippen LogP contribution in [0.5, 0.6) is 0 Å². The maximum atomic E-state index is 11.7. The van der Waals surface area contributed by atoms with Crippen LogP contribution in [0.25, 0.3) is 0 Å². The first-order valence-corrected chi connectivity index (χ1v) is 5.04. The van der Waals surface area contributed by atoms with Crippen LogP contribution in [0.4, 0.5) is 0 Å². The third-order valence-electron chi connectivity index (χ3n) is 2.34. The lowest BCUT2D eigenvalue weighted by Gasteiger charge is -2.20. The molecule has 0 radical (unpaired) electrons. The first kappa shape index (κ1) is 11.7. The summed E-state index contributed by atoms with van der Waals surface area (Å²) in [6, 6.07) is 0. The lowest BCUT2D eigenvalue weighted by atomic mass is 9.83. The largest absolute Gasteiger partial charge is 0.299 e. The van der Waals surface area contributed by atoms with Gasteiger partial charge in [-0.25, -0.2) is 0 Å². The summed E-state index contributed by atoms with van der Waals surface area (Å²) in [5.74, 6) is 1.42. The minimum absolute atomic E-state index is 0.198. The summed E-state index contributed by atoms with van der Waals surface area (Å²) in [6.07, 6.45) is 2.16. The van der Waals surface area contributed by atoms with E-state index in [0.29, 0.717) is 11.7 Å². The quantitative estimate of drug-likeness (QED) is 0.619. The maximum absolute atomic E-state index is 11.7. The number of Topliss-reactive ketones (excluding diaryl/α,β-unsaturated/α-hetero) is 1. The van der Waals surface area contributed by atoms with Crippen LogP contribution in [0.1, 0.15) is 47.5 Å². The van der Waals surface area contributed by atoms with Crippen molar-refractivity contribution < 1.29 is 4.79 Å². The van der Waals surface area contributed by atoms with E-state index in [-0.39, 0.29) is 11.8 Å². The molecule has 0 aromatic heterocycles. The monoisotopic (exact) mass is 170 g/mol. The van der Waals surface area contributed by atoms with Gasteiger partial charge in [0, 0.05) is 11.8 Å². The summed E-state index contributed by atoms with van der Waals surface area (Å²) in [5.41, 5.74) is 0. The van der Waals surface area contributed by atoms with E-state index in [1.165, 1.54) is 0 Å². The van der Waals surface area contributed by atoms with Crippen LogP contribution in [0.2, 0.25) is 0 Å². The van der Waals surface area contributed by atoms with Gasteiger partial charge >= 0.3 is 0 Å². The van der Waals surface area contributed by atoms with Gasteiger partial charge < -0.3 is 0 Å². The lowest BCUT2D eigenvalue weighted by Crippen LogP contribution is -2.24.